The zero-order valence-electron chi connectivity index (χ0n) is 14.3. The number of hydrogen-bond acceptors (Lipinski definition) is 5. The Morgan fingerprint density at radius 1 is 1.08 bits per heavy atom. The molecule has 0 N–H and O–H groups in total. The van der Waals surface area contributed by atoms with Gasteiger partial charge >= 0.3 is 13.6 Å². The van der Waals surface area contributed by atoms with E-state index < -0.39 is 25.3 Å². The Morgan fingerprint density at radius 3 is 2.40 bits per heavy atom. The maximum Gasteiger partial charge on any atom is 0.342 e. The number of ether oxygens (including phenoxy) is 1. The first-order valence-electron chi connectivity index (χ1n) is 8.34. The highest BCUT2D eigenvalue weighted by Gasteiger charge is 2.45. The van der Waals surface area contributed by atoms with Gasteiger partial charge in [-0.05, 0) is 36.3 Å². The molecule has 132 valence electrons. The lowest BCUT2D eigenvalue weighted by Crippen LogP contribution is -2.21. The Balaban J connectivity index is 2.18. The molecule has 5 nitrogen and oxygen atoms in total. The average Bonchev–Trinajstić information content (AvgIpc) is 3.01. The summed E-state index contributed by atoms with van der Waals surface area (Å²) in [6, 6.07) is 13.6. The third-order valence-corrected chi connectivity index (χ3v) is 6.58. The molecule has 6 heteroatoms. The number of rotatable bonds is 7. The first-order valence-corrected chi connectivity index (χ1v) is 9.95. The number of hydrogen-bond donors (Lipinski definition) is 0. The maximum absolute atomic E-state index is 13.6. The van der Waals surface area contributed by atoms with Crippen molar-refractivity contribution in [3.05, 3.63) is 60.2 Å². The monoisotopic (exact) mass is 360 g/mol. The zero-order valence-corrected chi connectivity index (χ0v) is 15.1. The quantitative estimate of drug-likeness (QED) is 0.532. The molecule has 0 radical (unpaired) electrons. The van der Waals surface area contributed by atoms with Crippen molar-refractivity contribution in [1.82, 2.24) is 0 Å². The van der Waals surface area contributed by atoms with Crippen molar-refractivity contribution in [3.8, 4) is 0 Å². The fraction of sp³-hybridized carbons (Fsp3) is 0.316. The number of carbonyl (C=O) groups is 1. The van der Waals surface area contributed by atoms with Crippen LogP contribution >= 0.6 is 7.60 Å². The van der Waals surface area contributed by atoms with Crippen LogP contribution in [0.2, 0.25) is 0 Å². The van der Waals surface area contributed by atoms with E-state index in [1.165, 1.54) is 6.08 Å². The fourth-order valence-corrected chi connectivity index (χ4v) is 5.35. The largest absolute Gasteiger partial charge is 0.454 e. The van der Waals surface area contributed by atoms with Crippen LogP contribution in [0.3, 0.4) is 0 Å². The molecular formula is C19H21O5P. The van der Waals surface area contributed by atoms with Gasteiger partial charge in [0.15, 0.2) is 0 Å². The summed E-state index contributed by atoms with van der Waals surface area (Å²) in [5.41, 5.74) is 0.0638. The molecule has 0 amide bonds. The highest BCUT2D eigenvalue weighted by atomic mass is 31.2. The zero-order chi connectivity index (χ0) is 17.9. The second-order valence-corrected chi connectivity index (χ2v) is 7.80. The Bertz CT molecular complexity index is 829. The van der Waals surface area contributed by atoms with Gasteiger partial charge in [0, 0.05) is 6.08 Å². The van der Waals surface area contributed by atoms with Crippen LogP contribution in [-0.2, 0) is 23.1 Å². The molecule has 0 saturated carbocycles. The summed E-state index contributed by atoms with van der Waals surface area (Å²) in [6.45, 7) is 4.01. The van der Waals surface area contributed by atoms with E-state index in [1.807, 2.05) is 42.5 Å². The first-order chi connectivity index (χ1) is 12.1. The standard InChI is InChI=1S/C19H21O5P/c1-3-22-25(21,23-4-2)19(17-12-13-18(20)24-17)16-11-7-9-14-8-5-6-10-15(14)16/h5-13,17,19H,3-4H2,1-2H3/t17?,19-/m1/s1. The second-order valence-electron chi connectivity index (χ2n) is 5.65. The smallest absolute Gasteiger partial charge is 0.342 e. The molecular weight excluding hydrogens is 339 g/mol. The normalized spacial score (nSPS) is 18.5. The van der Waals surface area contributed by atoms with E-state index in [0.717, 1.165) is 16.3 Å². The lowest BCUT2D eigenvalue weighted by atomic mass is 9.99. The molecule has 0 saturated heterocycles. The maximum atomic E-state index is 13.6. The van der Waals surface area contributed by atoms with Crippen molar-refractivity contribution in [3.63, 3.8) is 0 Å². The first kappa shape index (κ1) is 17.9. The molecule has 1 aliphatic rings. The van der Waals surface area contributed by atoms with Crippen molar-refractivity contribution in [2.45, 2.75) is 25.6 Å². The molecule has 0 aromatic heterocycles. The molecule has 1 unspecified atom stereocenters. The minimum absolute atomic E-state index is 0.239. The SMILES string of the molecule is CCOP(=O)(OCC)[C@H](c1cccc2ccccc12)C1C=CC(=O)O1. The van der Waals surface area contributed by atoms with Crippen molar-refractivity contribution in [1.29, 1.82) is 0 Å². The van der Waals surface area contributed by atoms with Gasteiger partial charge in [0.1, 0.15) is 11.8 Å². The predicted octanol–water partition coefficient (Wildman–Crippen LogP) is 4.63. The Morgan fingerprint density at radius 2 is 1.76 bits per heavy atom. The van der Waals surface area contributed by atoms with E-state index in [-0.39, 0.29) is 13.2 Å². The van der Waals surface area contributed by atoms with E-state index in [1.54, 1.807) is 19.9 Å². The van der Waals surface area contributed by atoms with Crippen LogP contribution in [0, 0.1) is 0 Å². The second kappa shape index (κ2) is 7.52. The van der Waals surface area contributed by atoms with E-state index in [4.69, 9.17) is 13.8 Å². The van der Waals surface area contributed by atoms with Gasteiger partial charge in [0.05, 0.1) is 13.2 Å². The molecule has 0 aliphatic carbocycles. The fourth-order valence-electron chi connectivity index (χ4n) is 3.15. The van der Waals surface area contributed by atoms with Crippen LogP contribution in [-0.4, -0.2) is 25.3 Å². The van der Waals surface area contributed by atoms with Crippen molar-refractivity contribution < 1.29 is 23.1 Å². The van der Waals surface area contributed by atoms with Gasteiger partial charge < -0.3 is 13.8 Å². The number of carbonyl (C=O) groups excluding carboxylic acids is 1. The molecule has 2 atom stereocenters. The molecule has 1 heterocycles. The van der Waals surface area contributed by atoms with Gasteiger partial charge in [-0.1, -0.05) is 42.5 Å². The van der Waals surface area contributed by atoms with E-state index in [2.05, 4.69) is 0 Å². The number of cyclic esters (lactones) is 1. The van der Waals surface area contributed by atoms with Crippen molar-refractivity contribution in [2.24, 2.45) is 0 Å². The van der Waals surface area contributed by atoms with Crippen LogP contribution in [0.15, 0.2) is 54.6 Å². The van der Waals surface area contributed by atoms with Crippen molar-refractivity contribution >= 4 is 24.3 Å². The Kier molecular flexibility index (Phi) is 5.38. The van der Waals surface area contributed by atoms with Crippen LogP contribution < -0.4 is 0 Å². The third kappa shape index (κ3) is 3.54. The molecule has 25 heavy (non-hydrogen) atoms. The van der Waals surface area contributed by atoms with Gasteiger partial charge in [-0.15, -0.1) is 0 Å². The number of fused-ring (bicyclic) bond motifs is 1. The van der Waals surface area contributed by atoms with Gasteiger partial charge in [-0.2, -0.15) is 0 Å². The topological polar surface area (TPSA) is 61.8 Å². The van der Waals surface area contributed by atoms with Gasteiger partial charge in [-0.3, -0.25) is 4.57 Å². The summed E-state index contributed by atoms with van der Waals surface area (Å²) in [5, 5.41) is 1.95. The van der Waals surface area contributed by atoms with E-state index in [9.17, 15) is 9.36 Å². The Hall–Kier alpha value is -1.94. The summed E-state index contributed by atoms with van der Waals surface area (Å²) in [6.07, 6.45) is 2.28. The van der Waals surface area contributed by atoms with Crippen molar-refractivity contribution in [2.75, 3.05) is 13.2 Å². The molecule has 3 rings (SSSR count). The van der Waals surface area contributed by atoms with Gasteiger partial charge in [0.2, 0.25) is 0 Å². The lowest BCUT2D eigenvalue weighted by Gasteiger charge is -2.30. The summed E-state index contributed by atoms with van der Waals surface area (Å²) >= 11 is 0. The lowest BCUT2D eigenvalue weighted by molar-refractivity contribution is -0.138. The van der Waals surface area contributed by atoms with Gasteiger partial charge in [0.25, 0.3) is 0 Å². The number of esters is 1. The van der Waals surface area contributed by atoms with Crippen LogP contribution in [0.1, 0.15) is 25.1 Å². The summed E-state index contributed by atoms with van der Waals surface area (Å²) in [4.78, 5) is 11.6. The predicted molar refractivity (Wildman–Crippen MR) is 96.6 cm³/mol. The highest BCUT2D eigenvalue weighted by Crippen LogP contribution is 2.64. The minimum atomic E-state index is -3.56. The summed E-state index contributed by atoms with van der Waals surface area (Å²) in [7, 11) is -3.56. The minimum Gasteiger partial charge on any atom is -0.454 e. The van der Waals surface area contributed by atoms with E-state index >= 15 is 0 Å². The molecule has 1 aliphatic heterocycles. The summed E-state index contributed by atoms with van der Waals surface area (Å²) < 4.78 is 30.1. The average molecular weight is 360 g/mol. The third-order valence-electron chi connectivity index (χ3n) is 4.09. The van der Waals surface area contributed by atoms with Crippen LogP contribution in [0.4, 0.5) is 0 Å². The Labute approximate surface area is 147 Å². The molecule has 0 fully saturated rings. The van der Waals surface area contributed by atoms with Crippen LogP contribution in [0.25, 0.3) is 10.8 Å². The molecule has 2 aromatic carbocycles. The van der Waals surface area contributed by atoms with Crippen LogP contribution in [0.5, 0.6) is 0 Å². The molecule has 0 bridgehead atoms. The highest BCUT2D eigenvalue weighted by molar-refractivity contribution is 7.54. The molecule has 2 aromatic rings. The summed E-state index contributed by atoms with van der Waals surface area (Å²) in [5.74, 6) is -0.449. The van der Waals surface area contributed by atoms with Gasteiger partial charge in [-0.25, -0.2) is 4.79 Å². The van der Waals surface area contributed by atoms with E-state index in [0.29, 0.717) is 0 Å². The number of benzene rings is 2. The molecule has 0 spiro atoms.